The van der Waals surface area contributed by atoms with Crippen LogP contribution in [0.3, 0.4) is 0 Å². The van der Waals surface area contributed by atoms with Gasteiger partial charge in [-0.3, -0.25) is 9.11 Å². The number of rotatable bonds is 1. The molecule has 4 rings (SSSR count). The number of aromatic amines is 1. The lowest BCUT2D eigenvalue weighted by Crippen LogP contribution is -2.01. The summed E-state index contributed by atoms with van der Waals surface area (Å²) in [5, 5.41) is 11.5. The maximum absolute atomic E-state index is 13.6. The fraction of sp³-hybridized carbons (Fsp3) is 0. The Morgan fingerprint density at radius 1 is 1.09 bits per heavy atom. The summed E-state index contributed by atoms with van der Waals surface area (Å²) in [6.45, 7) is 0. The Morgan fingerprint density at radius 3 is 2.61 bits per heavy atom. The van der Waals surface area contributed by atoms with Crippen LogP contribution in [-0.2, 0) is 0 Å². The smallest absolute Gasteiger partial charge is 0.137 e. The van der Waals surface area contributed by atoms with Gasteiger partial charge < -0.3 is 10.1 Å². The van der Waals surface area contributed by atoms with Gasteiger partial charge in [-0.15, -0.1) is 10.6 Å². The Hall–Kier alpha value is -1.80. The molecule has 0 fully saturated rings. The number of fused-ring (bicyclic) bond motifs is 2. The molecule has 1 aromatic carbocycles. The Bertz CT molecular complexity index is 951. The molecule has 1 aliphatic carbocycles. The molecule has 1 aromatic rings. The van der Waals surface area contributed by atoms with E-state index in [9.17, 15) is 18.6 Å². The van der Waals surface area contributed by atoms with Gasteiger partial charge in [0.1, 0.15) is 11.6 Å². The van der Waals surface area contributed by atoms with Crippen LogP contribution in [0.1, 0.15) is 5.69 Å². The first-order valence-electron chi connectivity index (χ1n) is 6.68. The van der Waals surface area contributed by atoms with Crippen molar-refractivity contribution in [1.82, 2.24) is 4.98 Å². The molecule has 0 bridgehead atoms. The number of halogens is 2. The third-order valence-electron chi connectivity index (χ3n) is 3.86. The van der Waals surface area contributed by atoms with Gasteiger partial charge in [-0.25, -0.2) is 4.39 Å². The molecule has 2 aliphatic heterocycles. The second-order valence-electron chi connectivity index (χ2n) is 5.27. The molecule has 0 amide bonds. The molecule has 0 unspecified atom stereocenters. The van der Waals surface area contributed by atoms with Gasteiger partial charge in [0.25, 0.3) is 0 Å². The summed E-state index contributed by atoms with van der Waals surface area (Å²) >= 11 is 3.15. The average Bonchev–Trinajstić information content (AvgIpc) is 3.01. The fourth-order valence-electron chi connectivity index (χ4n) is 2.87. The van der Waals surface area contributed by atoms with Crippen LogP contribution >= 0.6 is 26.5 Å². The molecule has 0 saturated carbocycles. The van der Waals surface area contributed by atoms with Crippen molar-refractivity contribution in [3.8, 4) is 28.1 Å². The molecular formula is C16H11BrFNO3S. The van der Waals surface area contributed by atoms with Crippen molar-refractivity contribution < 1.29 is 18.6 Å². The van der Waals surface area contributed by atoms with Gasteiger partial charge in [0.2, 0.25) is 0 Å². The molecule has 7 heteroatoms. The molecule has 0 aromatic heterocycles. The Morgan fingerprint density at radius 2 is 1.87 bits per heavy atom. The highest BCUT2D eigenvalue weighted by atomic mass is 79.9. The third kappa shape index (κ3) is 2.12. The summed E-state index contributed by atoms with van der Waals surface area (Å²) in [5.41, 5.74) is 2.78. The average molecular weight is 396 g/mol. The molecule has 0 atom stereocenters. The van der Waals surface area contributed by atoms with E-state index in [4.69, 9.17) is 0 Å². The Balaban J connectivity index is 2.13. The SMILES string of the molecule is Oc1ccc2[nH]c3c(c(-c4ccc(F)c(Br)c4)c1-2)S(O)(O)C=C3. The fourth-order valence-corrected chi connectivity index (χ4v) is 4.68. The van der Waals surface area contributed by atoms with Crippen molar-refractivity contribution in [2.45, 2.75) is 4.90 Å². The monoisotopic (exact) mass is 395 g/mol. The highest BCUT2D eigenvalue weighted by Gasteiger charge is 2.32. The van der Waals surface area contributed by atoms with Crippen molar-refractivity contribution in [1.29, 1.82) is 0 Å². The van der Waals surface area contributed by atoms with Gasteiger partial charge in [-0.1, -0.05) is 6.07 Å². The highest BCUT2D eigenvalue weighted by Crippen LogP contribution is 2.62. The molecule has 23 heavy (non-hydrogen) atoms. The van der Waals surface area contributed by atoms with E-state index in [1.807, 2.05) is 0 Å². The van der Waals surface area contributed by atoms with Gasteiger partial charge in [-0.05, 0) is 51.8 Å². The maximum Gasteiger partial charge on any atom is 0.137 e. The second kappa shape index (κ2) is 4.85. The predicted octanol–water partition coefficient (Wildman–Crippen LogP) is 5.49. The van der Waals surface area contributed by atoms with Gasteiger partial charge in [0.05, 0.1) is 20.8 Å². The number of aromatic nitrogens is 1. The topological polar surface area (TPSA) is 76.5 Å². The molecule has 4 nitrogen and oxygen atoms in total. The van der Waals surface area contributed by atoms with Crippen molar-refractivity contribution in [3.05, 3.63) is 51.7 Å². The van der Waals surface area contributed by atoms with E-state index in [1.54, 1.807) is 24.3 Å². The lowest BCUT2D eigenvalue weighted by Gasteiger charge is -2.29. The number of pyridine rings is 1. The van der Waals surface area contributed by atoms with Crippen LogP contribution in [0.15, 0.2) is 45.1 Å². The van der Waals surface area contributed by atoms with Crippen LogP contribution in [0.4, 0.5) is 4.39 Å². The molecule has 3 aliphatic rings. The van der Waals surface area contributed by atoms with E-state index in [2.05, 4.69) is 20.9 Å². The molecule has 2 heterocycles. The lowest BCUT2D eigenvalue weighted by atomic mass is 9.98. The van der Waals surface area contributed by atoms with Gasteiger partial charge in [-0.2, -0.15) is 0 Å². The summed E-state index contributed by atoms with van der Waals surface area (Å²) in [7, 11) is -3.13. The van der Waals surface area contributed by atoms with E-state index >= 15 is 0 Å². The minimum atomic E-state index is -3.13. The molecule has 0 radical (unpaired) electrons. The van der Waals surface area contributed by atoms with E-state index in [-0.39, 0.29) is 10.2 Å². The summed E-state index contributed by atoms with van der Waals surface area (Å²) in [5.74, 6) is -0.391. The zero-order valence-corrected chi connectivity index (χ0v) is 13.9. The molecule has 0 saturated heterocycles. The highest BCUT2D eigenvalue weighted by molar-refractivity contribution is 9.10. The van der Waals surface area contributed by atoms with Gasteiger partial charge in [0, 0.05) is 16.5 Å². The number of hydrogen-bond donors (Lipinski definition) is 4. The second-order valence-corrected chi connectivity index (χ2v) is 8.00. The van der Waals surface area contributed by atoms with E-state index < -0.39 is 16.4 Å². The van der Waals surface area contributed by atoms with Crippen molar-refractivity contribution in [2.24, 2.45) is 0 Å². The lowest BCUT2D eigenvalue weighted by molar-refractivity contribution is 0.479. The first kappa shape index (κ1) is 14.8. The number of nitrogens with one attached hydrogen (secondary N) is 1. The summed E-state index contributed by atoms with van der Waals surface area (Å²) in [6, 6.07) is 7.65. The van der Waals surface area contributed by atoms with Crippen LogP contribution in [-0.4, -0.2) is 19.2 Å². The molecule has 4 N–H and O–H groups in total. The van der Waals surface area contributed by atoms with Crippen LogP contribution in [0.25, 0.3) is 28.5 Å². The van der Waals surface area contributed by atoms with Crippen LogP contribution in [0.2, 0.25) is 0 Å². The van der Waals surface area contributed by atoms with Crippen molar-refractivity contribution in [2.75, 3.05) is 0 Å². The zero-order chi connectivity index (χ0) is 16.4. The normalized spacial score (nSPS) is 16.7. The minimum Gasteiger partial charge on any atom is -0.507 e. The first-order chi connectivity index (χ1) is 10.9. The number of aromatic hydroxyl groups is 1. The third-order valence-corrected chi connectivity index (χ3v) is 6.01. The van der Waals surface area contributed by atoms with Gasteiger partial charge in [0.15, 0.2) is 0 Å². The van der Waals surface area contributed by atoms with Crippen LogP contribution in [0.5, 0.6) is 5.75 Å². The molecular weight excluding hydrogens is 385 g/mol. The predicted molar refractivity (Wildman–Crippen MR) is 92.3 cm³/mol. The number of benzene rings is 1. The van der Waals surface area contributed by atoms with Crippen molar-refractivity contribution in [3.63, 3.8) is 0 Å². The summed E-state index contributed by atoms with van der Waals surface area (Å²) < 4.78 is 34.6. The number of H-pyrrole nitrogens is 1. The summed E-state index contributed by atoms with van der Waals surface area (Å²) in [4.78, 5) is 3.40. The van der Waals surface area contributed by atoms with Crippen LogP contribution < -0.4 is 0 Å². The minimum absolute atomic E-state index is 0.0246. The van der Waals surface area contributed by atoms with E-state index in [0.717, 1.165) is 0 Å². The van der Waals surface area contributed by atoms with E-state index in [0.29, 0.717) is 33.0 Å². The zero-order valence-electron chi connectivity index (χ0n) is 11.5. The number of hydrogen-bond acceptors (Lipinski definition) is 3. The molecule has 118 valence electrons. The summed E-state index contributed by atoms with van der Waals surface area (Å²) in [6.07, 6.45) is 1.61. The largest absolute Gasteiger partial charge is 0.507 e. The first-order valence-corrected chi connectivity index (χ1v) is 9.08. The van der Waals surface area contributed by atoms with Crippen molar-refractivity contribution >= 4 is 32.6 Å². The van der Waals surface area contributed by atoms with E-state index in [1.165, 1.54) is 17.5 Å². The Kier molecular flexibility index (Phi) is 3.11. The standard InChI is InChI=1S/C16H11BrFNO3S/c17-9-7-8(1-2-10(9)18)14-15-11(3-4-13(15)20)19-12-5-6-23(21,22)16(12)14/h1-7,19-22H. The molecule has 0 spiro atoms. The van der Waals surface area contributed by atoms with Crippen LogP contribution in [0, 0.1) is 5.82 Å². The quantitative estimate of drug-likeness (QED) is 0.440. The maximum atomic E-state index is 13.6. The van der Waals surface area contributed by atoms with Gasteiger partial charge >= 0.3 is 0 Å². The Labute approximate surface area is 141 Å².